The average molecular weight is 387 g/mol. The topological polar surface area (TPSA) is 81.8 Å². The van der Waals surface area contributed by atoms with Crippen LogP contribution in [0.25, 0.3) is 6.08 Å². The SMILES string of the molecule is O=C1OC(C23C[C@@H]4C[C@@H](CC(Cl)(C4)C2)C3)=N/C1=C\c1cccc([N+](=O)[O-])c1. The van der Waals surface area contributed by atoms with Gasteiger partial charge in [0, 0.05) is 22.4 Å². The lowest BCUT2D eigenvalue weighted by molar-refractivity contribution is -0.384. The zero-order valence-electron chi connectivity index (χ0n) is 14.7. The molecule has 0 aromatic heterocycles. The van der Waals surface area contributed by atoms with Crippen molar-refractivity contribution in [2.24, 2.45) is 22.2 Å². The van der Waals surface area contributed by atoms with Crippen molar-refractivity contribution in [3.05, 3.63) is 45.6 Å². The Bertz CT molecular complexity index is 908. The molecule has 5 aliphatic rings. The number of alkyl halides is 1. The van der Waals surface area contributed by atoms with E-state index in [0.717, 1.165) is 32.1 Å². The van der Waals surface area contributed by atoms with Gasteiger partial charge in [-0.2, -0.15) is 0 Å². The number of benzene rings is 1. The molecule has 1 heterocycles. The molecule has 4 saturated carbocycles. The Morgan fingerprint density at radius 2 is 2.00 bits per heavy atom. The molecular weight excluding hydrogens is 368 g/mol. The molecule has 1 aliphatic heterocycles. The fourth-order valence-electron chi connectivity index (χ4n) is 5.92. The molecule has 7 heteroatoms. The molecule has 1 aromatic carbocycles. The average Bonchev–Trinajstić information content (AvgIpc) is 2.94. The van der Waals surface area contributed by atoms with Gasteiger partial charge in [0.25, 0.3) is 5.69 Å². The summed E-state index contributed by atoms with van der Waals surface area (Å²) in [6.45, 7) is 0. The van der Waals surface area contributed by atoms with Crippen LogP contribution in [0.3, 0.4) is 0 Å². The predicted octanol–water partition coefficient (Wildman–Crippen LogP) is 4.47. The molecule has 1 aromatic rings. The van der Waals surface area contributed by atoms with E-state index >= 15 is 0 Å². The van der Waals surface area contributed by atoms with Gasteiger partial charge in [-0.05, 0) is 62.0 Å². The quantitative estimate of drug-likeness (QED) is 0.252. The van der Waals surface area contributed by atoms with Gasteiger partial charge in [-0.15, -0.1) is 11.6 Å². The van der Waals surface area contributed by atoms with Crippen molar-refractivity contribution in [1.29, 1.82) is 0 Å². The first kappa shape index (κ1) is 16.9. The lowest BCUT2D eigenvalue weighted by Gasteiger charge is -2.59. The van der Waals surface area contributed by atoms with E-state index in [2.05, 4.69) is 4.99 Å². The van der Waals surface area contributed by atoms with Gasteiger partial charge < -0.3 is 4.74 Å². The number of nitro groups is 1. The zero-order chi connectivity index (χ0) is 18.8. The number of hydrogen-bond acceptors (Lipinski definition) is 5. The number of halogens is 1. The van der Waals surface area contributed by atoms with E-state index < -0.39 is 10.9 Å². The van der Waals surface area contributed by atoms with Gasteiger partial charge in [0.1, 0.15) is 0 Å². The molecule has 0 saturated heterocycles. The molecule has 4 aliphatic carbocycles. The molecule has 4 atom stereocenters. The third-order valence-electron chi connectivity index (χ3n) is 6.45. The number of esters is 1. The summed E-state index contributed by atoms with van der Waals surface area (Å²) in [7, 11) is 0. The number of aliphatic imine (C=N–C) groups is 1. The molecule has 4 fully saturated rings. The molecule has 6 rings (SSSR count). The number of cyclic esters (lactones) is 1. The third-order valence-corrected chi connectivity index (χ3v) is 6.89. The van der Waals surface area contributed by atoms with Crippen LogP contribution in [0.2, 0.25) is 0 Å². The van der Waals surface area contributed by atoms with Crippen LogP contribution in [-0.4, -0.2) is 21.7 Å². The zero-order valence-corrected chi connectivity index (χ0v) is 15.4. The van der Waals surface area contributed by atoms with Crippen LogP contribution in [0.4, 0.5) is 5.69 Å². The number of non-ortho nitro benzene ring substituents is 1. The highest BCUT2D eigenvalue weighted by Crippen LogP contribution is 2.64. The van der Waals surface area contributed by atoms with E-state index in [9.17, 15) is 14.9 Å². The van der Waals surface area contributed by atoms with Crippen LogP contribution in [0.5, 0.6) is 0 Å². The van der Waals surface area contributed by atoms with E-state index in [-0.39, 0.29) is 21.7 Å². The lowest BCUT2D eigenvalue weighted by Crippen LogP contribution is -2.56. The Morgan fingerprint density at radius 3 is 2.67 bits per heavy atom. The largest absolute Gasteiger partial charge is 0.406 e. The second kappa shape index (κ2) is 5.64. The minimum Gasteiger partial charge on any atom is -0.406 e. The Morgan fingerprint density at radius 1 is 1.26 bits per heavy atom. The van der Waals surface area contributed by atoms with Crippen LogP contribution >= 0.6 is 11.6 Å². The van der Waals surface area contributed by atoms with Gasteiger partial charge in [-0.25, -0.2) is 9.79 Å². The molecule has 140 valence electrons. The first-order valence-electron chi connectivity index (χ1n) is 9.31. The smallest absolute Gasteiger partial charge is 0.363 e. The molecule has 6 nitrogen and oxygen atoms in total. The number of nitro benzene ring substituents is 1. The number of hydrogen-bond donors (Lipinski definition) is 0. The Labute approximate surface area is 161 Å². The fourth-order valence-corrected chi connectivity index (χ4v) is 6.62. The van der Waals surface area contributed by atoms with Crippen LogP contribution in [0, 0.1) is 27.4 Å². The molecule has 2 unspecified atom stereocenters. The summed E-state index contributed by atoms with van der Waals surface area (Å²) in [6.07, 6.45) is 7.63. The van der Waals surface area contributed by atoms with E-state index in [1.54, 1.807) is 18.2 Å². The van der Waals surface area contributed by atoms with Crippen molar-refractivity contribution < 1.29 is 14.5 Å². The summed E-state index contributed by atoms with van der Waals surface area (Å²) >= 11 is 6.87. The van der Waals surface area contributed by atoms with Gasteiger partial charge in [-0.1, -0.05) is 12.1 Å². The first-order valence-corrected chi connectivity index (χ1v) is 9.68. The summed E-state index contributed by atoms with van der Waals surface area (Å²) in [4.78, 5) is 27.2. The third kappa shape index (κ3) is 2.78. The summed E-state index contributed by atoms with van der Waals surface area (Å²) in [5.74, 6) is 1.17. The van der Waals surface area contributed by atoms with Gasteiger partial charge in [0.05, 0.1) is 4.92 Å². The molecule has 0 amide bonds. The molecule has 4 bridgehead atoms. The summed E-state index contributed by atoms with van der Waals surface area (Å²) in [5.41, 5.74) is 0.496. The van der Waals surface area contributed by atoms with Crippen LogP contribution in [0.15, 0.2) is 35.0 Å². The van der Waals surface area contributed by atoms with Gasteiger partial charge in [-0.3, -0.25) is 10.1 Å². The highest BCUT2D eigenvalue weighted by atomic mass is 35.5. The van der Waals surface area contributed by atoms with Crippen LogP contribution < -0.4 is 0 Å². The highest BCUT2D eigenvalue weighted by Gasteiger charge is 2.60. The van der Waals surface area contributed by atoms with E-state index in [1.807, 2.05) is 0 Å². The minimum atomic E-state index is -0.490. The Kier molecular flexibility index (Phi) is 3.54. The summed E-state index contributed by atoms with van der Waals surface area (Å²) < 4.78 is 5.60. The fraction of sp³-hybridized carbons (Fsp3) is 0.500. The molecule has 0 radical (unpaired) electrons. The molecule has 27 heavy (non-hydrogen) atoms. The van der Waals surface area contributed by atoms with Crippen molar-refractivity contribution in [1.82, 2.24) is 0 Å². The van der Waals surface area contributed by atoms with Crippen LogP contribution in [-0.2, 0) is 9.53 Å². The normalized spacial score (nSPS) is 38.2. The minimum absolute atomic E-state index is 0.0231. The van der Waals surface area contributed by atoms with Gasteiger partial charge in [0.15, 0.2) is 5.70 Å². The lowest BCUT2D eigenvalue weighted by atomic mass is 9.49. The maximum Gasteiger partial charge on any atom is 0.363 e. The molecule has 0 spiro atoms. The van der Waals surface area contributed by atoms with E-state index in [0.29, 0.717) is 23.3 Å². The molecule has 0 N–H and O–H groups in total. The van der Waals surface area contributed by atoms with Crippen LogP contribution in [0.1, 0.15) is 44.1 Å². The highest BCUT2D eigenvalue weighted by molar-refractivity contribution is 6.24. The number of rotatable bonds is 3. The Balaban J connectivity index is 1.48. The predicted molar refractivity (Wildman–Crippen MR) is 100 cm³/mol. The monoisotopic (exact) mass is 386 g/mol. The maximum atomic E-state index is 12.4. The summed E-state index contributed by atoms with van der Waals surface area (Å²) in [6, 6.07) is 6.14. The maximum absolute atomic E-state index is 12.4. The van der Waals surface area contributed by atoms with Gasteiger partial charge in [0.2, 0.25) is 5.90 Å². The van der Waals surface area contributed by atoms with Crippen molar-refractivity contribution in [3.8, 4) is 0 Å². The summed E-state index contributed by atoms with van der Waals surface area (Å²) in [5, 5.41) is 10.9. The van der Waals surface area contributed by atoms with Crippen molar-refractivity contribution in [2.45, 2.75) is 43.4 Å². The number of nitrogens with zero attached hydrogens (tertiary/aromatic N) is 2. The van der Waals surface area contributed by atoms with Gasteiger partial charge >= 0.3 is 5.97 Å². The second-order valence-electron chi connectivity index (χ2n) is 8.58. The number of ether oxygens (including phenoxy) is 1. The Hall–Kier alpha value is -2.21. The van der Waals surface area contributed by atoms with E-state index in [4.69, 9.17) is 16.3 Å². The second-order valence-corrected chi connectivity index (χ2v) is 9.38. The van der Waals surface area contributed by atoms with E-state index in [1.165, 1.54) is 18.6 Å². The number of carbonyl (C=O) groups is 1. The first-order chi connectivity index (χ1) is 12.8. The number of carbonyl (C=O) groups excluding carboxylic acids is 1. The van der Waals surface area contributed by atoms with Crippen molar-refractivity contribution in [2.75, 3.05) is 0 Å². The molecular formula is C20H19ClN2O4. The van der Waals surface area contributed by atoms with Crippen molar-refractivity contribution in [3.63, 3.8) is 0 Å². The van der Waals surface area contributed by atoms with Crippen molar-refractivity contribution >= 4 is 35.2 Å². The standard InChI is InChI=1S/C20H19ClN2O4/c21-20-9-13-4-14(10-20)8-19(7-13,11-20)18-22-16(17(24)27-18)6-12-2-1-3-15(5-12)23(25)26/h1-3,5-6,13-14H,4,7-11H2/b16-6-/t13-,14+,19?,20?.